The molecular weight excluding hydrogens is 249 g/mol. The molecule has 0 aliphatic heterocycles. The van der Waals surface area contributed by atoms with Gasteiger partial charge in [0.1, 0.15) is 12.2 Å². The first-order valence-corrected chi connectivity index (χ1v) is 3.10. The summed E-state index contributed by atoms with van der Waals surface area (Å²) in [4.78, 5) is 18.9. The van der Waals surface area contributed by atoms with Crippen LogP contribution in [0.25, 0.3) is 0 Å². The van der Waals surface area contributed by atoms with Gasteiger partial charge in [-0.1, -0.05) is 0 Å². The van der Waals surface area contributed by atoms with E-state index >= 15 is 0 Å². The number of rotatable bonds is 2. The molecule has 0 aromatic heterocycles. The van der Waals surface area contributed by atoms with Crippen LogP contribution in [0.15, 0.2) is 0 Å². The molecule has 6 N–H and O–H groups in total. The first kappa shape index (κ1) is 23.3. The van der Waals surface area contributed by atoms with Crippen LogP contribution in [0, 0.1) is 0 Å². The molecule has 0 heterocycles. The average Bonchev–Trinajstić information content (AvgIpc) is 1.88. The molecule has 0 spiro atoms. The fourth-order valence-electron chi connectivity index (χ4n) is 0. The van der Waals surface area contributed by atoms with Crippen LogP contribution in [0.1, 0.15) is 13.8 Å². The van der Waals surface area contributed by atoms with Gasteiger partial charge in [0.2, 0.25) is 0 Å². The summed E-state index contributed by atoms with van der Waals surface area (Å²) in [7, 11) is 0. The Morgan fingerprint density at radius 3 is 1.00 bits per heavy atom. The molecule has 8 heteroatoms. The molecule has 2 atom stereocenters. The largest absolute Gasteiger partial charge is 0.479 e. The van der Waals surface area contributed by atoms with E-state index in [2.05, 4.69) is 0 Å². The monoisotopic (exact) mass is 262 g/mol. The third-order valence-corrected chi connectivity index (χ3v) is 0.715. The molecule has 82 valence electrons. The smallest absolute Gasteiger partial charge is 0.332 e. The quantitative estimate of drug-likeness (QED) is 0.427. The van der Waals surface area contributed by atoms with Crippen molar-refractivity contribution in [2.24, 2.45) is 0 Å². The third-order valence-electron chi connectivity index (χ3n) is 0.715. The van der Waals surface area contributed by atoms with Crippen LogP contribution < -0.4 is 0 Å². The van der Waals surface area contributed by atoms with E-state index in [1.807, 2.05) is 0 Å². The number of carbonyl (C=O) groups is 2. The molecular formula is C6H14O7Zn. The van der Waals surface area contributed by atoms with Crippen molar-refractivity contribution in [1.29, 1.82) is 0 Å². The van der Waals surface area contributed by atoms with Gasteiger partial charge in [-0.25, -0.2) is 9.59 Å². The van der Waals surface area contributed by atoms with Crippen molar-refractivity contribution in [1.82, 2.24) is 0 Å². The van der Waals surface area contributed by atoms with Crippen molar-refractivity contribution in [2.75, 3.05) is 0 Å². The van der Waals surface area contributed by atoms with Gasteiger partial charge in [0.05, 0.1) is 0 Å². The first-order valence-electron chi connectivity index (χ1n) is 3.10. The average molecular weight is 264 g/mol. The standard InChI is InChI=1S/2C3H6O3.H2O.Zn/c2*1-2(4)3(5)6;;/h2*2,4H,1H3,(H,5,6);1H2;. The number of carboxylic acid groups (broad SMARTS) is 2. The van der Waals surface area contributed by atoms with Crippen LogP contribution in [-0.4, -0.2) is 50.0 Å². The molecule has 0 saturated heterocycles. The van der Waals surface area contributed by atoms with E-state index < -0.39 is 24.1 Å². The summed E-state index contributed by atoms with van der Waals surface area (Å²) in [6.45, 7) is 2.39. The van der Waals surface area contributed by atoms with Crippen LogP contribution >= 0.6 is 0 Å². The maximum absolute atomic E-state index is 9.45. The summed E-state index contributed by atoms with van der Waals surface area (Å²) < 4.78 is 0. The molecule has 0 saturated carbocycles. The predicted molar refractivity (Wildman–Crippen MR) is 42.2 cm³/mol. The number of aliphatic hydroxyl groups excluding tert-OH is 2. The van der Waals surface area contributed by atoms with Crippen LogP contribution in [0.4, 0.5) is 0 Å². The van der Waals surface area contributed by atoms with E-state index in [0.29, 0.717) is 0 Å². The van der Waals surface area contributed by atoms with Crippen LogP contribution in [0.3, 0.4) is 0 Å². The number of hydrogen-bond donors (Lipinski definition) is 4. The van der Waals surface area contributed by atoms with Gasteiger partial charge in [0.15, 0.2) is 0 Å². The van der Waals surface area contributed by atoms with Gasteiger partial charge in [0, 0.05) is 19.5 Å². The molecule has 0 aliphatic rings. The van der Waals surface area contributed by atoms with Crippen molar-refractivity contribution in [3.63, 3.8) is 0 Å². The second-order valence-electron chi connectivity index (χ2n) is 2.03. The first-order chi connectivity index (χ1) is 5.29. The third kappa shape index (κ3) is 22.5. The number of aliphatic carboxylic acids is 2. The van der Waals surface area contributed by atoms with Crippen molar-refractivity contribution in [3.05, 3.63) is 0 Å². The molecule has 2 unspecified atom stereocenters. The molecule has 0 aromatic rings. The van der Waals surface area contributed by atoms with Crippen molar-refractivity contribution >= 4 is 11.9 Å². The Labute approximate surface area is 93.4 Å². The summed E-state index contributed by atoms with van der Waals surface area (Å²) >= 11 is 0. The van der Waals surface area contributed by atoms with E-state index in [1.54, 1.807) is 0 Å². The molecule has 0 aliphatic carbocycles. The SMILES string of the molecule is CC(O)C(=O)O.CC(O)C(=O)O.O.[Zn]. The number of aliphatic hydroxyl groups is 2. The van der Waals surface area contributed by atoms with Gasteiger partial charge in [-0.05, 0) is 13.8 Å². The summed E-state index contributed by atoms with van der Waals surface area (Å²) in [5, 5.41) is 31.5. The van der Waals surface area contributed by atoms with Crippen molar-refractivity contribution in [3.8, 4) is 0 Å². The molecule has 7 nitrogen and oxygen atoms in total. The fraction of sp³-hybridized carbons (Fsp3) is 0.667. The van der Waals surface area contributed by atoms with Crippen molar-refractivity contribution < 1.29 is 55.0 Å². The molecule has 0 amide bonds. The molecule has 0 aromatic carbocycles. The zero-order chi connectivity index (χ0) is 10.3. The van der Waals surface area contributed by atoms with Crippen LogP contribution in [0.5, 0.6) is 0 Å². The van der Waals surface area contributed by atoms with E-state index in [4.69, 9.17) is 20.4 Å². The van der Waals surface area contributed by atoms with E-state index in [0.717, 1.165) is 0 Å². The van der Waals surface area contributed by atoms with Gasteiger partial charge >= 0.3 is 11.9 Å². The van der Waals surface area contributed by atoms with Gasteiger partial charge in [-0.2, -0.15) is 0 Å². The Morgan fingerprint density at radius 1 is 0.929 bits per heavy atom. The maximum Gasteiger partial charge on any atom is 0.332 e. The minimum absolute atomic E-state index is 0. The van der Waals surface area contributed by atoms with Gasteiger partial charge in [-0.15, -0.1) is 0 Å². The number of hydrogen-bond acceptors (Lipinski definition) is 4. The summed E-state index contributed by atoms with van der Waals surface area (Å²) in [5.74, 6) is -2.37. The Morgan fingerprint density at radius 2 is 1.00 bits per heavy atom. The zero-order valence-corrected chi connectivity index (χ0v) is 10.9. The van der Waals surface area contributed by atoms with Gasteiger partial charge < -0.3 is 25.9 Å². The predicted octanol–water partition coefficient (Wildman–Crippen LogP) is -1.92. The second kappa shape index (κ2) is 12.4. The van der Waals surface area contributed by atoms with Crippen molar-refractivity contribution in [2.45, 2.75) is 26.1 Å². The van der Waals surface area contributed by atoms with Gasteiger partial charge in [-0.3, -0.25) is 0 Å². The number of carboxylic acids is 2. The second-order valence-corrected chi connectivity index (χ2v) is 2.03. The zero-order valence-electron chi connectivity index (χ0n) is 7.97. The Hall–Kier alpha value is -0.557. The molecule has 0 bridgehead atoms. The molecule has 0 rings (SSSR count). The molecule has 0 fully saturated rings. The van der Waals surface area contributed by atoms with E-state index in [-0.39, 0.29) is 25.0 Å². The fourth-order valence-corrected chi connectivity index (χ4v) is 0. The minimum Gasteiger partial charge on any atom is -0.479 e. The summed E-state index contributed by atoms with van der Waals surface area (Å²) in [6.07, 6.45) is -2.46. The van der Waals surface area contributed by atoms with Crippen LogP contribution in [-0.2, 0) is 29.1 Å². The molecule has 0 radical (unpaired) electrons. The Kier molecular flexibility index (Phi) is 20.7. The van der Waals surface area contributed by atoms with Gasteiger partial charge in [0.25, 0.3) is 0 Å². The van der Waals surface area contributed by atoms with Crippen LogP contribution in [0.2, 0.25) is 0 Å². The Balaban J connectivity index is -0.0000000625. The summed E-state index contributed by atoms with van der Waals surface area (Å²) in [6, 6.07) is 0. The topological polar surface area (TPSA) is 147 Å². The normalized spacial score (nSPS) is 11.7. The summed E-state index contributed by atoms with van der Waals surface area (Å²) in [5.41, 5.74) is 0. The van der Waals surface area contributed by atoms with E-state index in [9.17, 15) is 9.59 Å². The molecule has 14 heavy (non-hydrogen) atoms. The Bertz CT molecular complexity index is 138. The van der Waals surface area contributed by atoms with E-state index in [1.165, 1.54) is 13.8 Å². The maximum atomic E-state index is 9.45. The minimum atomic E-state index is -1.23.